The maximum Gasteiger partial charge on any atom is 0.105 e. The van der Waals surface area contributed by atoms with E-state index in [1.54, 1.807) is 6.26 Å². The Morgan fingerprint density at radius 2 is 2.11 bits per heavy atom. The van der Waals surface area contributed by atoms with Crippen molar-refractivity contribution < 1.29 is 4.42 Å². The SMILES string of the molecule is CN(C)C1(C(Cc2ccco2)NN)CCCCC1. The average Bonchev–Trinajstić information content (AvgIpc) is 2.89. The maximum absolute atomic E-state index is 5.82. The van der Waals surface area contributed by atoms with Crippen LogP contribution < -0.4 is 11.3 Å². The number of hydrazine groups is 1. The van der Waals surface area contributed by atoms with Crippen molar-refractivity contribution in [2.45, 2.75) is 50.1 Å². The first kappa shape index (κ1) is 13.6. The van der Waals surface area contributed by atoms with Crippen molar-refractivity contribution in [3.63, 3.8) is 0 Å². The van der Waals surface area contributed by atoms with Crippen LogP contribution in [0.2, 0.25) is 0 Å². The zero-order valence-electron chi connectivity index (χ0n) is 11.5. The lowest BCUT2D eigenvalue weighted by molar-refractivity contribution is 0.0549. The summed E-state index contributed by atoms with van der Waals surface area (Å²) in [5.74, 6) is 6.83. The molecule has 1 unspecified atom stereocenters. The van der Waals surface area contributed by atoms with E-state index in [9.17, 15) is 0 Å². The van der Waals surface area contributed by atoms with E-state index in [0.29, 0.717) is 0 Å². The van der Waals surface area contributed by atoms with Crippen LogP contribution >= 0.6 is 0 Å². The molecule has 102 valence electrons. The Morgan fingerprint density at radius 1 is 1.39 bits per heavy atom. The monoisotopic (exact) mass is 251 g/mol. The molecule has 1 saturated carbocycles. The summed E-state index contributed by atoms with van der Waals surface area (Å²) in [4.78, 5) is 2.35. The lowest BCUT2D eigenvalue weighted by atomic mass is 9.74. The number of hydrogen-bond donors (Lipinski definition) is 2. The van der Waals surface area contributed by atoms with E-state index in [0.717, 1.165) is 12.2 Å². The van der Waals surface area contributed by atoms with Gasteiger partial charge in [-0.3, -0.25) is 11.3 Å². The maximum atomic E-state index is 5.82. The second-order valence-electron chi connectivity index (χ2n) is 5.56. The zero-order chi connectivity index (χ0) is 13.0. The minimum atomic E-state index is 0.153. The molecular weight excluding hydrogens is 226 g/mol. The molecule has 1 heterocycles. The predicted molar refractivity (Wildman–Crippen MR) is 73.0 cm³/mol. The van der Waals surface area contributed by atoms with Gasteiger partial charge in [0.05, 0.1) is 6.26 Å². The number of furan rings is 1. The molecule has 1 aromatic rings. The molecule has 3 N–H and O–H groups in total. The number of likely N-dealkylation sites (N-methyl/N-ethyl adjacent to an activating group) is 1. The fourth-order valence-electron chi connectivity index (χ4n) is 3.31. The summed E-state index contributed by atoms with van der Waals surface area (Å²) < 4.78 is 5.47. The summed E-state index contributed by atoms with van der Waals surface area (Å²) in [6.07, 6.45) is 8.90. The molecule has 18 heavy (non-hydrogen) atoms. The summed E-state index contributed by atoms with van der Waals surface area (Å²) in [7, 11) is 4.33. The number of nitrogens with zero attached hydrogens (tertiary/aromatic N) is 1. The third-order valence-electron chi connectivity index (χ3n) is 4.45. The van der Waals surface area contributed by atoms with Gasteiger partial charge in [0.1, 0.15) is 5.76 Å². The van der Waals surface area contributed by atoms with Crippen LogP contribution in [0.5, 0.6) is 0 Å². The number of rotatable bonds is 5. The lowest BCUT2D eigenvalue weighted by Crippen LogP contribution is -2.62. The molecule has 1 atom stereocenters. The fourth-order valence-corrected chi connectivity index (χ4v) is 3.31. The highest BCUT2D eigenvalue weighted by Gasteiger charge is 2.41. The third kappa shape index (κ3) is 2.60. The Labute approximate surface area is 109 Å². The zero-order valence-corrected chi connectivity index (χ0v) is 11.5. The van der Waals surface area contributed by atoms with E-state index >= 15 is 0 Å². The Kier molecular flexibility index (Phi) is 4.43. The van der Waals surface area contributed by atoms with Gasteiger partial charge in [0, 0.05) is 18.0 Å². The molecule has 1 fully saturated rings. The molecule has 0 bridgehead atoms. The summed E-state index contributed by atoms with van der Waals surface area (Å²) in [5.41, 5.74) is 3.18. The van der Waals surface area contributed by atoms with Crippen LogP contribution in [0.25, 0.3) is 0 Å². The highest BCUT2D eigenvalue weighted by molar-refractivity contribution is 5.07. The van der Waals surface area contributed by atoms with E-state index in [-0.39, 0.29) is 11.6 Å². The van der Waals surface area contributed by atoms with Crippen molar-refractivity contribution in [1.29, 1.82) is 0 Å². The van der Waals surface area contributed by atoms with Crippen LogP contribution in [0.3, 0.4) is 0 Å². The predicted octanol–water partition coefficient (Wildman–Crippen LogP) is 1.92. The van der Waals surface area contributed by atoms with Gasteiger partial charge < -0.3 is 9.32 Å². The topological polar surface area (TPSA) is 54.4 Å². The summed E-state index contributed by atoms with van der Waals surface area (Å²) in [6.45, 7) is 0. The molecule has 0 aromatic carbocycles. The van der Waals surface area contributed by atoms with Crippen LogP contribution in [0, 0.1) is 0 Å². The molecule has 0 radical (unpaired) electrons. The highest BCUT2D eigenvalue weighted by atomic mass is 16.3. The van der Waals surface area contributed by atoms with Gasteiger partial charge in [-0.05, 0) is 39.1 Å². The quantitative estimate of drug-likeness (QED) is 0.620. The van der Waals surface area contributed by atoms with E-state index in [1.807, 2.05) is 12.1 Å². The summed E-state index contributed by atoms with van der Waals surface area (Å²) >= 11 is 0. The fraction of sp³-hybridized carbons (Fsp3) is 0.714. The van der Waals surface area contributed by atoms with E-state index in [4.69, 9.17) is 10.3 Å². The van der Waals surface area contributed by atoms with Crippen molar-refractivity contribution >= 4 is 0 Å². The summed E-state index contributed by atoms with van der Waals surface area (Å²) in [6, 6.07) is 4.20. The van der Waals surface area contributed by atoms with Gasteiger partial charge in [0.15, 0.2) is 0 Å². The lowest BCUT2D eigenvalue weighted by Gasteiger charge is -2.48. The normalized spacial score (nSPS) is 21.1. The number of nitrogens with one attached hydrogen (secondary N) is 1. The van der Waals surface area contributed by atoms with Crippen LogP contribution in [-0.4, -0.2) is 30.6 Å². The minimum Gasteiger partial charge on any atom is -0.469 e. The second-order valence-corrected chi connectivity index (χ2v) is 5.56. The largest absolute Gasteiger partial charge is 0.469 e. The molecular formula is C14H25N3O. The van der Waals surface area contributed by atoms with Crippen molar-refractivity contribution in [2.24, 2.45) is 5.84 Å². The van der Waals surface area contributed by atoms with Crippen molar-refractivity contribution in [2.75, 3.05) is 14.1 Å². The first-order chi connectivity index (χ1) is 8.69. The van der Waals surface area contributed by atoms with E-state index in [2.05, 4.69) is 24.4 Å². The van der Waals surface area contributed by atoms with Gasteiger partial charge >= 0.3 is 0 Å². The summed E-state index contributed by atoms with van der Waals surface area (Å²) in [5, 5.41) is 0. The highest BCUT2D eigenvalue weighted by Crippen LogP contribution is 2.36. The molecule has 0 saturated heterocycles. The van der Waals surface area contributed by atoms with Crippen LogP contribution in [0.4, 0.5) is 0 Å². The van der Waals surface area contributed by atoms with Gasteiger partial charge in [-0.15, -0.1) is 0 Å². The van der Waals surface area contributed by atoms with E-state index in [1.165, 1.54) is 32.1 Å². The molecule has 4 heteroatoms. The standard InChI is InChI=1S/C14H25N3O/c1-17(2)14(8-4-3-5-9-14)13(16-15)11-12-7-6-10-18-12/h6-7,10,13,16H,3-5,8-9,11,15H2,1-2H3. The average molecular weight is 251 g/mol. The second kappa shape index (κ2) is 5.87. The Bertz CT molecular complexity index is 342. The van der Waals surface area contributed by atoms with E-state index < -0.39 is 0 Å². The Hall–Kier alpha value is -0.840. The van der Waals surface area contributed by atoms with Gasteiger partial charge in [0.2, 0.25) is 0 Å². The van der Waals surface area contributed by atoms with Crippen LogP contribution in [0.1, 0.15) is 37.9 Å². The minimum absolute atomic E-state index is 0.153. The van der Waals surface area contributed by atoms with Gasteiger partial charge in [0.25, 0.3) is 0 Å². The molecule has 0 aliphatic heterocycles. The Balaban J connectivity index is 2.16. The molecule has 0 amide bonds. The smallest absolute Gasteiger partial charge is 0.105 e. The van der Waals surface area contributed by atoms with Gasteiger partial charge in [-0.25, -0.2) is 0 Å². The number of nitrogens with two attached hydrogens (primary N) is 1. The van der Waals surface area contributed by atoms with Crippen LogP contribution in [-0.2, 0) is 6.42 Å². The molecule has 1 aromatic heterocycles. The van der Waals surface area contributed by atoms with Crippen LogP contribution in [0.15, 0.2) is 22.8 Å². The molecule has 2 rings (SSSR count). The van der Waals surface area contributed by atoms with Crippen molar-refractivity contribution in [3.05, 3.63) is 24.2 Å². The molecule has 4 nitrogen and oxygen atoms in total. The molecule has 0 spiro atoms. The molecule has 1 aliphatic rings. The third-order valence-corrected chi connectivity index (χ3v) is 4.45. The number of hydrogen-bond acceptors (Lipinski definition) is 4. The van der Waals surface area contributed by atoms with Crippen molar-refractivity contribution in [3.8, 4) is 0 Å². The first-order valence-electron chi connectivity index (χ1n) is 6.85. The Morgan fingerprint density at radius 3 is 2.61 bits per heavy atom. The van der Waals surface area contributed by atoms with Gasteiger partial charge in [-0.2, -0.15) is 0 Å². The van der Waals surface area contributed by atoms with Crippen molar-refractivity contribution in [1.82, 2.24) is 10.3 Å². The van der Waals surface area contributed by atoms with Gasteiger partial charge in [-0.1, -0.05) is 19.3 Å². The first-order valence-corrected chi connectivity index (χ1v) is 6.85. The molecule has 1 aliphatic carbocycles.